The monoisotopic (exact) mass is 250 g/mol. The number of esters is 1. The Labute approximate surface area is 109 Å². The molecule has 0 amide bonds. The quantitative estimate of drug-likeness (QED) is 0.559. The molecule has 2 aliphatic rings. The number of carbonyl (C=O) groups is 2. The number of ether oxygens (including phenoxy) is 1. The highest BCUT2D eigenvalue weighted by Gasteiger charge is 2.44. The summed E-state index contributed by atoms with van der Waals surface area (Å²) < 4.78 is 5.40. The summed E-state index contributed by atoms with van der Waals surface area (Å²) in [5, 5.41) is 0. The second-order valence-corrected chi connectivity index (χ2v) is 6.36. The van der Waals surface area contributed by atoms with E-state index in [2.05, 4.69) is 19.9 Å². The molecule has 0 aliphatic heterocycles. The number of hydrogen-bond acceptors (Lipinski definition) is 3. The van der Waals surface area contributed by atoms with Crippen molar-refractivity contribution in [1.29, 1.82) is 0 Å². The van der Waals surface area contributed by atoms with E-state index in [-0.39, 0.29) is 17.5 Å². The van der Waals surface area contributed by atoms with E-state index in [1.54, 1.807) is 0 Å². The van der Waals surface area contributed by atoms with Crippen LogP contribution in [0, 0.1) is 17.3 Å². The van der Waals surface area contributed by atoms with Crippen LogP contribution in [0.25, 0.3) is 0 Å². The van der Waals surface area contributed by atoms with Gasteiger partial charge in [-0.1, -0.05) is 19.9 Å². The summed E-state index contributed by atoms with van der Waals surface area (Å²) in [6, 6.07) is 0. The largest absolute Gasteiger partial charge is 0.463 e. The topological polar surface area (TPSA) is 43.4 Å². The summed E-state index contributed by atoms with van der Waals surface area (Å²) in [5.41, 5.74) is 1.09. The predicted octanol–water partition coefficient (Wildman–Crippen LogP) is 2.89. The van der Waals surface area contributed by atoms with Crippen LogP contribution >= 0.6 is 0 Å². The molecule has 3 atom stereocenters. The van der Waals surface area contributed by atoms with Gasteiger partial charge in [0.15, 0.2) is 0 Å². The molecule has 0 bridgehead atoms. The molecule has 0 spiro atoms. The Kier molecular flexibility index (Phi) is 3.60. The number of allylic oxidation sites excluding steroid dienone is 2. The molecule has 0 heterocycles. The average molecular weight is 250 g/mol. The standard InChI is InChI=1S/C15H22O3/c1-10(17)18-13-7-12-6-11(9-16)4-5-14(12)15(2,3)8-13/h4,9,12-14H,5-8H2,1-3H3. The third-order valence-electron chi connectivity index (χ3n) is 4.51. The number of fused-ring (bicyclic) bond motifs is 1. The van der Waals surface area contributed by atoms with Crippen LogP contribution in [0.15, 0.2) is 11.6 Å². The maximum absolute atomic E-state index is 11.1. The first kappa shape index (κ1) is 13.3. The van der Waals surface area contributed by atoms with Crippen molar-refractivity contribution in [1.82, 2.24) is 0 Å². The SMILES string of the molecule is CC(=O)OC1CC2CC(C=O)=CCC2C(C)(C)C1. The number of aldehydes is 1. The zero-order chi connectivity index (χ0) is 13.3. The number of hydrogen-bond donors (Lipinski definition) is 0. The Morgan fingerprint density at radius 1 is 1.50 bits per heavy atom. The van der Waals surface area contributed by atoms with E-state index in [0.717, 1.165) is 37.5 Å². The lowest BCUT2D eigenvalue weighted by atomic mass is 9.58. The first-order chi connectivity index (χ1) is 8.42. The van der Waals surface area contributed by atoms with Gasteiger partial charge in [-0.15, -0.1) is 0 Å². The minimum absolute atomic E-state index is 0.0183. The van der Waals surface area contributed by atoms with Gasteiger partial charge in [0, 0.05) is 6.92 Å². The van der Waals surface area contributed by atoms with Crippen molar-refractivity contribution in [3.05, 3.63) is 11.6 Å². The van der Waals surface area contributed by atoms with Gasteiger partial charge in [0.2, 0.25) is 0 Å². The second-order valence-electron chi connectivity index (χ2n) is 6.36. The third kappa shape index (κ3) is 2.65. The van der Waals surface area contributed by atoms with Gasteiger partial charge in [0.1, 0.15) is 12.4 Å². The molecule has 2 aliphatic carbocycles. The molecule has 2 rings (SSSR count). The first-order valence-electron chi connectivity index (χ1n) is 6.74. The highest BCUT2D eigenvalue weighted by molar-refractivity contribution is 5.73. The van der Waals surface area contributed by atoms with Gasteiger partial charge >= 0.3 is 5.97 Å². The fraction of sp³-hybridized carbons (Fsp3) is 0.733. The molecular formula is C15H22O3. The van der Waals surface area contributed by atoms with E-state index >= 15 is 0 Å². The Morgan fingerprint density at radius 2 is 2.22 bits per heavy atom. The minimum atomic E-state index is -0.198. The van der Waals surface area contributed by atoms with Crippen LogP contribution < -0.4 is 0 Å². The van der Waals surface area contributed by atoms with Crippen LogP contribution in [-0.2, 0) is 14.3 Å². The van der Waals surface area contributed by atoms with Gasteiger partial charge in [-0.2, -0.15) is 0 Å². The van der Waals surface area contributed by atoms with Crippen molar-refractivity contribution < 1.29 is 14.3 Å². The highest BCUT2D eigenvalue weighted by atomic mass is 16.5. The van der Waals surface area contributed by atoms with E-state index < -0.39 is 0 Å². The molecule has 0 radical (unpaired) electrons. The summed E-state index contributed by atoms with van der Waals surface area (Å²) in [4.78, 5) is 22.0. The third-order valence-corrected chi connectivity index (χ3v) is 4.51. The summed E-state index contributed by atoms with van der Waals surface area (Å²) in [6.07, 6.45) is 6.73. The molecule has 1 saturated carbocycles. The molecule has 1 fully saturated rings. The maximum Gasteiger partial charge on any atom is 0.302 e. The summed E-state index contributed by atoms with van der Waals surface area (Å²) >= 11 is 0. The van der Waals surface area contributed by atoms with Gasteiger partial charge in [0.05, 0.1) is 0 Å². The predicted molar refractivity (Wildman–Crippen MR) is 68.9 cm³/mol. The molecule has 0 N–H and O–H groups in total. The van der Waals surface area contributed by atoms with E-state index in [0.29, 0.717) is 11.8 Å². The first-order valence-corrected chi connectivity index (χ1v) is 6.74. The van der Waals surface area contributed by atoms with Crippen molar-refractivity contribution in [3.8, 4) is 0 Å². The molecule has 3 nitrogen and oxygen atoms in total. The lowest BCUT2D eigenvalue weighted by Crippen LogP contribution is -2.43. The lowest BCUT2D eigenvalue weighted by Gasteiger charge is -2.48. The van der Waals surface area contributed by atoms with Crippen molar-refractivity contribution >= 4 is 12.3 Å². The smallest absolute Gasteiger partial charge is 0.302 e. The van der Waals surface area contributed by atoms with E-state index in [1.807, 2.05) is 0 Å². The van der Waals surface area contributed by atoms with Crippen LogP contribution in [0.2, 0.25) is 0 Å². The highest BCUT2D eigenvalue weighted by Crippen LogP contribution is 2.50. The number of carbonyl (C=O) groups excluding carboxylic acids is 2. The average Bonchev–Trinajstić information content (AvgIpc) is 2.26. The van der Waals surface area contributed by atoms with Crippen LogP contribution in [0.1, 0.15) is 46.5 Å². The van der Waals surface area contributed by atoms with E-state index in [4.69, 9.17) is 4.74 Å². The minimum Gasteiger partial charge on any atom is -0.463 e. The molecule has 0 aromatic rings. The number of rotatable bonds is 2. The summed E-state index contributed by atoms with van der Waals surface area (Å²) in [5.74, 6) is 0.882. The van der Waals surface area contributed by atoms with Crippen LogP contribution in [0.3, 0.4) is 0 Å². The van der Waals surface area contributed by atoms with Crippen molar-refractivity contribution in [2.45, 2.75) is 52.6 Å². The molecule has 3 heteroatoms. The van der Waals surface area contributed by atoms with Crippen molar-refractivity contribution in [3.63, 3.8) is 0 Å². The molecule has 0 aromatic carbocycles. The molecule has 0 saturated heterocycles. The Hall–Kier alpha value is -1.12. The fourth-order valence-electron chi connectivity index (χ4n) is 3.78. The fourth-order valence-corrected chi connectivity index (χ4v) is 3.78. The second kappa shape index (κ2) is 4.87. The normalized spacial score (nSPS) is 34.2. The van der Waals surface area contributed by atoms with Gasteiger partial charge in [0.25, 0.3) is 0 Å². The van der Waals surface area contributed by atoms with Gasteiger partial charge in [-0.25, -0.2) is 0 Å². The molecule has 0 aromatic heterocycles. The van der Waals surface area contributed by atoms with Gasteiger partial charge < -0.3 is 4.74 Å². The van der Waals surface area contributed by atoms with E-state index in [9.17, 15) is 9.59 Å². The van der Waals surface area contributed by atoms with Crippen molar-refractivity contribution in [2.24, 2.45) is 17.3 Å². The Balaban J connectivity index is 2.14. The zero-order valence-electron chi connectivity index (χ0n) is 11.4. The maximum atomic E-state index is 11.1. The molecular weight excluding hydrogens is 228 g/mol. The molecule has 100 valence electrons. The van der Waals surface area contributed by atoms with Gasteiger partial charge in [-0.3, -0.25) is 9.59 Å². The molecule has 3 unspecified atom stereocenters. The zero-order valence-corrected chi connectivity index (χ0v) is 11.4. The summed E-state index contributed by atoms with van der Waals surface area (Å²) in [7, 11) is 0. The summed E-state index contributed by atoms with van der Waals surface area (Å²) in [6.45, 7) is 5.97. The van der Waals surface area contributed by atoms with Crippen LogP contribution in [-0.4, -0.2) is 18.4 Å². The van der Waals surface area contributed by atoms with E-state index in [1.165, 1.54) is 6.92 Å². The van der Waals surface area contributed by atoms with Crippen molar-refractivity contribution in [2.75, 3.05) is 0 Å². The molecule has 18 heavy (non-hydrogen) atoms. The van der Waals surface area contributed by atoms with Gasteiger partial charge in [-0.05, 0) is 48.5 Å². The Bertz CT molecular complexity index is 381. The Morgan fingerprint density at radius 3 is 2.83 bits per heavy atom. The van der Waals surface area contributed by atoms with Crippen LogP contribution in [0.4, 0.5) is 0 Å². The van der Waals surface area contributed by atoms with Crippen LogP contribution in [0.5, 0.6) is 0 Å². The lowest BCUT2D eigenvalue weighted by molar-refractivity contribution is -0.153.